The number of piperidine rings is 1. The van der Waals surface area contributed by atoms with E-state index in [1.54, 1.807) is 18.7 Å². The summed E-state index contributed by atoms with van der Waals surface area (Å²) in [6.45, 7) is 4.70. The molecule has 6 heteroatoms. The summed E-state index contributed by atoms with van der Waals surface area (Å²) in [6, 6.07) is 3.94. The monoisotopic (exact) mass is 348 g/mol. The molecule has 0 aliphatic carbocycles. The molecular weight excluding hydrogens is 326 g/mol. The van der Waals surface area contributed by atoms with E-state index in [-0.39, 0.29) is 17.4 Å². The Hall–Kier alpha value is -2.24. The zero-order chi connectivity index (χ0) is 18.0. The third-order valence-electron chi connectivity index (χ3n) is 4.78. The lowest BCUT2D eigenvalue weighted by molar-refractivity contribution is 0.0661. The molecule has 0 spiro atoms. The van der Waals surface area contributed by atoms with Gasteiger partial charge in [0.2, 0.25) is 0 Å². The number of benzene rings is 1. The Kier molecular flexibility index (Phi) is 5.16. The van der Waals surface area contributed by atoms with E-state index < -0.39 is 11.6 Å². The zero-order valence-corrected chi connectivity index (χ0v) is 14.5. The molecule has 1 saturated heterocycles. The summed E-state index contributed by atoms with van der Waals surface area (Å²) in [5, 5.41) is 0. The van der Waals surface area contributed by atoms with Gasteiger partial charge < -0.3 is 9.32 Å². The number of carbonyl (C=O) groups is 1. The molecule has 0 saturated carbocycles. The molecule has 2 aromatic rings. The number of carbonyl (C=O) groups excluding carboxylic acids is 1. The average molecular weight is 348 g/mol. The Balaban J connectivity index is 1.63. The van der Waals surface area contributed by atoms with Gasteiger partial charge >= 0.3 is 0 Å². The zero-order valence-electron chi connectivity index (χ0n) is 14.5. The number of rotatable bonds is 4. The van der Waals surface area contributed by atoms with Crippen LogP contribution in [0.4, 0.5) is 8.78 Å². The molecule has 1 aliphatic heterocycles. The fourth-order valence-corrected chi connectivity index (χ4v) is 3.48. The molecule has 0 N–H and O–H groups in total. The van der Waals surface area contributed by atoms with Crippen LogP contribution in [0.25, 0.3) is 0 Å². The highest BCUT2D eigenvalue weighted by molar-refractivity contribution is 5.93. The summed E-state index contributed by atoms with van der Waals surface area (Å²) in [7, 11) is 0. The van der Waals surface area contributed by atoms with Gasteiger partial charge in [0.05, 0.1) is 0 Å². The number of nitrogens with zero attached hydrogens (tertiary/aromatic N) is 2. The Morgan fingerprint density at radius 2 is 2.04 bits per heavy atom. The molecule has 1 amide bonds. The van der Waals surface area contributed by atoms with E-state index in [0.29, 0.717) is 43.3 Å². The van der Waals surface area contributed by atoms with Crippen molar-refractivity contribution in [2.75, 3.05) is 13.1 Å². The van der Waals surface area contributed by atoms with Crippen LogP contribution in [-0.2, 0) is 6.42 Å². The van der Waals surface area contributed by atoms with Crippen LogP contribution < -0.4 is 0 Å². The smallest absolute Gasteiger partial charge is 0.276 e. The van der Waals surface area contributed by atoms with Gasteiger partial charge in [-0.25, -0.2) is 13.8 Å². The average Bonchev–Trinajstić information content (AvgIpc) is 2.92. The maximum Gasteiger partial charge on any atom is 0.276 e. The normalized spacial score (nSPS) is 17.8. The molecular formula is C19H22F2N2O2. The second-order valence-electron chi connectivity index (χ2n) is 6.64. The van der Waals surface area contributed by atoms with Crippen LogP contribution in [0.2, 0.25) is 0 Å². The molecule has 0 bridgehead atoms. The number of hydrogen-bond donors (Lipinski definition) is 0. The SMILES string of the molecule is Cc1nc(C(=O)N2CCC[C@@H](CCc3c(F)cccc3F)C2)c(C)o1. The third-order valence-corrected chi connectivity index (χ3v) is 4.78. The van der Waals surface area contributed by atoms with E-state index in [4.69, 9.17) is 4.42 Å². The fourth-order valence-electron chi connectivity index (χ4n) is 3.48. The van der Waals surface area contributed by atoms with Crippen molar-refractivity contribution in [3.63, 3.8) is 0 Å². The molecule has 2 heterocycles. The fraction of sp³-hybridized carbons (Fsp3) is 0.474. The predicted molar refractivity (Wildman–Crippen MR) is 89.3 cm³/mol. The standard InChI is InChI=1S/C19H22F2N2O2/c1-12-18(22-13(2)25-12)19(24)23-10-4-5-14(11-23)8-9-15-16(20)6-3-7-17(15)21/h3,6-7,14H,4-5,8-11H2,1-2H3/t14-/m0/s1. The van der Waals surface area contributed by atoms with Gasteiger partial charge in [-0.05, 0) is 50.7 Å². The molecule has 1 aliphatic rings. The van der Waals surface area contributed by atoms with Gasteiger partial charge in [0.1, 0.15) is 17.4 Å². The van der Waals surface area contributed by atoms with E-state index in [1.807, 2.05) is 0 Å². The summed E-state index contributed by atoms with van der Waals surface area (Å²) in [5.74, 6) is 0.0958. The van der Waals surface area contributed by atoms with Crippen LogP contribution >= 0.6 is 0 Å². The molecule has 0 unspecified atom stereocenters. The maximum atomic E-state index is 13.8. The first kappa shape index (κ1) is 17.6. The van der Waals surface area contributed by atoms with Gasteiger partial charge in [-0.1, -0.05) is 6.07 Å². The van der Waals surface area contributed by atoms with Gasteiger partial charge in [-0.3, -0.25) is 4.79 Å². The first-order valence-corrected chi connectivity index (χ1v) is 8.62. The van der Waals surface area contributed by atoms with Crippen molar-refractivity contribution in [1.82, 2.24) is 9.88 Å². The van der Waals surface area contributed by atoms with Gasteiger partial charge in [0.15, 0.2) is 11.6 Å². The maximum absolute atomic E-state index is 13.8. The topological polar surface area (TPSA) is 46.3 Å². The van der Waals surface area contributed by atoms with Crippen molar-refractivity contribution in [2.24, 2.45) is 5.92 Å². The van der Waals surface area contributed by atoms with E-state index >= 15 is 0 Å². The quantitative estimate of drug-likeness (QED) is 0.837. The first-order chi connectivity index (χ1) is 12.0. The third kappa shape index (κ3) is 3.89. The number of aryl methyl sites for hydroxylation is 2. The van der Waals surface area contributed by atoms with Crippen LogP contribution in [0.15, 0.2) is 22.6 Å². The van der Waals surface area contributed by atoms with Crippen molar-refractivity contribution < 1.29 is 18.0 Å². The molecule has 1 aromatic heterocycles. The van der Waals surface area contributed by atoms with E-state index in [1.165, 1.54) is 18.2 Å². The lowest BCUT2D eigenvalue weighted by Crippen LogP contribution is -2.40. The van der Waals surface area contributed by atoms with Crippen LogP contribution in [0.1, 0.15) is 47.0 Å². The minimum absolute atomic E-state index is 0.129. The van der Waals surface area contributed by atoms with Crippen molar-refractivity contribution >= 4 is 5.91 Å². The van der Waals surface area contributed by atoms with E-state index in [2.05, 4.69) is 4.98 Å². The Morgan fingerprint density at radius 1 is 1.32 bits per heavy atom. The molecule has 4 nitrogen and oxygen atoms in total. The lowest BCUT2D eigenvalue weighted by Gasteiger charge is -2.32. The molecule has 3 rings (SSSR count). The second-order valence-corrected chi connectivity index (χ2v) is 6.64. The number of likely N-dealkylation sites (tertiary alicyclic amines) is 1. The summed E-state index contributed by atoms with van der Waals surface area (Å²) in [5.41, 5.74) is 0.493. The summed E-state index contributed by atoms with van der Waals surface area (Å²) in [4.78, 5) is 18.6. The molecule has 0 radical (unpaired) electrons. The highest BCUT2D eigenvalue weighted by Gasteiger charge is 2.27. The van der Waals surface area contributed by atoms with Gasteiger partial charge in [-0.2, -0.15) is 0 Å². The van der Waals surface area contributed by atoms with Crippen LogP contribution in [0.5, 0.6) is 0 Å². The minimum atomic E-state index is -0.502. The van der Waals surface area contributed by atoms with Crippen molar-refractivity contribution in [1.29, 1.82) is 0 Å². The first-order valence-electron chi connectivity index (χ1n) is 8.62. The number of amides is 1. The summed E-state index contributed by atoms with van der Waals surface area (Å²) >= 11 is 0. The van der Waals surface area contributed by atoms with Gasteiger partial charge in [0, 0.05) is 25.6 Å². The molecule has 1 fully saturated rings. The second kappa shape index (κ2) is 7.33. The Bertz CT molecular complexity index is 753. The van der Waals surface area contributed by atoms with Crippen LogP contribution in [-0.4, -0.2) is 28.9 Å². The Labute approximate surface area is 145 Å². The molecule has 134 valence electrons. The highest BCUT2D eigenvalue weighted by atomic mass is 19.1. The van der Waals surface area contributed by atoms with E-state index in [9.17, 15) is 13.6 Å². The van der Waals surface area contributed by atoms with E-state index in [0.717, 1.165) is 12.8 Å². The van der Waals surface area contributed by atoms with Crippen molar-refractivity contribution in [2.45, 2.75) is 39.5 Å². The highest BCUT2D eigenvalue weighted by Crippen LogP contribution is 2.25. The summed E-state index contributed by atoms with van der Waals surface area (Å²) < 4.78 is 32.9. The van der Waals surface area contributed by atoms with Crippen molar-refractivity contribution in [3.05, 3.63) is 52.7 Å². The molecule has 1 aromatic carbocycles. The minimum Gasteiger partial charge on any atom is -0.445 e. The Morgan fingerprint density at radius 3 is 2.68 bits per heavy atom. The number of hydrogen-bond acceptors (Lipinski definition) is 3. The summed E-state index contributed by atoms with van der Waals surface area (Å²) in [6.07, 6.45) is 2.83. The lowest BCUT2D eigenvalue weighted by atomic mass is 9.91. The predicted octanol–water partition coefficient (Wildman–Crippen LogP) is 4.05. The van der Waals surface area contributed by atoms with Gasteiger partial charge in [-0.15, -0.1) is 0 Å². The number of oxazole rings is 1. The van der Waals surface area contributed by atoms with Crippen molar-refractivity contribution in [3.8, 4) is 0 Å². The van der Waals surface area contributed by atoms with Crippen LogP contribution in [0, 0.1) is 31.4 Å². The number of aromatic nitrogens is 1. The van der Waals surface area contributed by atoms with Crippen LogP contribution in [0.3, 0.4) is 0 Å². The number of halogens is 2. The largest absolute Gasteiger partial charge is 0.445 e. The van der Waals surface area contributed by atoms with Gasteiger partial charge in [0.25, 0.3) is 5.91 Å². The molecule has 1 atom stereocenters. The molecule has 25 heavy (non-hydrogen) atoms.